The molecule has 0 unspecified atom stereocenters. The van der Waals surface area contributed by atoms with E-state index in [1.807, 2.05) is 6.20 Å². The molecule has 0 radical (unpaired) electrons. The Morgan fingerprint density at radius 1 is 1.55 bits per heavy atom. The van der Waals surface area contributed by atoms with Crippen LogP contribution in [-0.2, 0) is 4.74 Å². The molecule has 3 nitrogen and oxygen atoms in total. The molecule has 1 aromatic heterocycles. The molecule has 0 bridgehead atoms. The Balaban J connectivity index is 2.22. The van der Waals surface area contributed by atoms with Crippen molar-refractivity contribution in [2.45, 2.75) is 12.8 Å². The van der Waals surface area contributed by atoms with Crippen molar-refractivity contribution in [3.63, 3.8) is 0 Å². The fourth-order valence-corrected chi connectivity index (χ4v) is 1.14. The second kappa shape index (κ2) is 2.78. The fourth-order valence-electron chi connectivity index (χ4n) is 1.14. The van der Waals surface area contributed by atoms with Crippen molar-refractivity contribution in [1.29, 1.82) is 0 Å². The van der Waals surface area contributed by atoms with Crippen LogP contribution in [0, 0.1) is 0 Å². The molecule has 0 aliphatic carbocycles. The Morgan fingerprint density at radius 3 is 3.18 bits per heavy atom. The lowest BCUT2D eigenvalue weighted by molar-refractivity contribution is 0.259. The molecule has 0 fully saturated rings. The molecular weight excluding hydrogens is 140 g/mol. The predicted octanol–water partition coefficient (Wildman–Crippen LogP) is 1.56. The fraction of sp³-hybridized carbons (Fsp3) is 0.375. The zero-order valence-electron chi connectivity index (χ0n) is 6.21. The molecule has 11 heavy (non-hydrogen) atoms. The van der Waals surface area contributed by atoms with Crippen molar-refractivity contribution in [3.05, 3.63) is 24.0 Å². The van der Waals surface area contributed by atoms with Crippen LogP contribution in [0.15, 0.2) is 18.5 Å². The third-order valence-electron chi connectivity index (χ3n) is 1.72. The van der Waals surface area contributed by atoms with Gasteiger partial charge in [0.25, 0.3) is 0 Å². The van der Waals surface area contributed by atoms with E-state index in [0.29, 0.717) is 0 Å². The number of allylic oxidation sites excluding steroid dienone is 1. The topological polar surface area (TPSA) is 37.9 Å². The summed E-state index contributed by atoms with van der Waals surface area (Å²) < 4.78 is 5.42. The number of hydrogen-bond acceptors (Lipinski definition) is 2. The highest BCUT2D eigenvalue weighted by Gasteiger charge is 2.06. The smallest absolute Gasteiger partial charge is 0.125 e. The van der Waals surface area contributed by atoms with Gasteiger partial charge in [-0.1, -0.05) is 0 Å². The van der Waals surface area contributed by atoms with Crippen LogP contribution in [-0.4, -0.2) is 16.8 Å². The minimum absolute atomic E-state index is 0.830. The van der Waals surface area contributed by atoms with E-state index in [4.69, 9.17) is 4.74 Å². The summed E-state index contributed by atoms with van der Waals surface area (Å²) in [6, 6.07) is 0. The molecule has 0 spiro atoms. The number of nitrogens with one attached hydrogen (secondary N) is 1. The zero-order chi connectivity index (χ0) is 7.52. The molecule has 1 aromatic rings. The van der Waals surface area contributed by atoms with E-state index in [1.54, 1.807) is 6.20 Å². The molecule has 1 N–H and O–H groups in total. The van der Waals surface area contributed by atoms with Crippen molar-refractivity contribution in [2.75, 3.05) is 6.61 Å². The van der Waals surface area contributed by atoms with Gasteiger partial charge < -0.3 is 4.74 Å². The maximum absolute atomic E-state index is 5.42. The van der Waals surface area contributed by atoms with Gasteiger partial charge in [-0.25, -0.2) is 0 Å². The summed E-state index contributed by atoms with van der Waals surface area (Å²) >= 11 is 0. The summed E-state index contributed by atoms with van der Waals surface area (Å²) in [4.78, 5) is 0. The third kappa shape index (κ3) is 1.27. The highest BCUT2D eigenvalue weighted by molar-refractivity contribution is 5.58. The highest BCUT2D eigenvalue weighted by atomic mass is 16.5. The number of aromatic amines is 1. The summed E-state index contributed by atoms with van der Waals surface area (Å²) in [7, 11) is 0. The number of hydrogen-bond donors (Lipinski definition) is 1. The maximum Gasteiger partial charge on any atom is 0.125 e. The summed E-state index contributed by atoms with van der Waals surface area (Å²) in [5.41, 5.74) is 1.05. The number of nitrogens with zero attached hydrogens (tertiary/aromatic N) is 1. The minimum atomic E-state index is 0.830. The van der Waals surface area contributed by atoms with Gasteiger partial charge in [-0.3, -0.25) is 5.10 Å². The van der Waals surface area contributed by atoms with Gasteiger partial charge in [0.2, 0.25) is 0 Å². The van der Waals surface area contributed by atoms with Gasteiger partial charge in [0.05, 0.1) is 18.4 Å². The first kappa shape index (κ1) is 6.46. The number of H-pyrrole nitrogens is 1. The summed E-state index contributed by atoms with van der Waals surface area (Å²) in [5.74, 6) is 0.963. The summed E-state index contributed by atoms with van der Waals surface area (Å²) in [6.45, 7) is 0.830. The van der Waals surface area contributed by atoms with Crippen molar-refractivity contribution in [1.82, 2.24) is 10.2 Å². The second-order valence-corrected chi connectivity index (χ2v) is 2.55. The Morgan fingerprint density at radius 2 is 2.55 bits per heavy atom. The standard InChI is InChI=1S/C8H10N2O/c1-2-4-11-8(3-1)7-5-9-10-6-7/h3,5-6H,1-2,4H2,(H,9,10). The van der Waals surface area contributed by atoms with Crippen molar-refractivity contribution in [2.24, 2.45) is 0 Å². The SMILES string of the molecule is C1=C(c2cn[nH]c2)OCCC1. The molecule has 0 saturated carbocycles. The van der Waals surface area contributed by atoms with E-state index < -0.39 is 0 Å². The molecule has 2 heterocycles. The lowest BCUT2D eigenvalue weighted by Gasteiger charge is -2.12. The van der Waals surface area contributed by atoms with Crippen LogP contribution in [0.2, 0.25) is 0 Å². The van der Waals surface area contributed by atoms with Crippen molar-refractivity contribution < 1.29 is 4.74 Å². The van der Waals surface area contributed by atoms with Crippen LogP contribution in [0.4, 0.5) is 0 Å². The first-order valence-electron chi connectivity index (χ1n) is 3.79. The highest BCUT2D eigenvalue weighted by Crippen LogP contribution is 2.19. The first-order chi connectivity index (χ1) is 5.47. The van der Waals surface area contributed by atoms with Crippen LogP contribution in [0.5, 0.6) is 0 Å². The largest absolute Gasteiger partial charge is 0.493 e. The van der Waals surface area contributed by atoms with Crippen molar-refractivity contribution >= 4 is 5.76 Å². The average molecular weight is 150 g/mol. The number of rotatable bonds is 1. The molecule has 2 rings (SSSR count). The molecule has 1 aliphatic heterocycles. The van der Waals surface area contributed by atoms with Crippen molar-refractivity contribution in [3.8, 4) is 0 Å². The Labute approximate surface area is 65.1 Å². The molecule has 1 aliphatic rings. The lowest BCUT2D eigenvalue weighted by atomic mass is 10.2. The van der Waals surface area contributed by atoms with Gasteiger partial charge in [0.1, 0.15) is 5.76 Å². The number of ether oxygens (including phenoxy) is 1. The molecule has 0 saturated heterocycles. The predicted molar refractivity (Wildman–Crippen MR) is 41.8 cm³/mol. The second-order valence-electron chi connectivity index (χ2n) is 2.55. The van der Waals surface area contributed by atoms with E-state index >= 15 is 0 Å². The van der Waals surface area contributed by atoms with Crippen LogP contribution in [0.1, 0.15) is 18.4 Å². The van der Waals surface area contributed by atoms with Gasteiger partial charge in [-0.05, 0) is 18.9 Å². The van der Waals surface area contributed by atoms with Gasteiger partial charge in [0, 0.05) is 6.20 Å². The molecule has 58 valence electrons. The first-order valence-corrected chi connectivity index (χ1v) is 3.79. The molecule has 3 heteroatoms. The minimum Gasteiger partial charge on any atom is -0.493 e. The lowest BCUT2D eigenvalue weighted by Crippen LogP contribution is -1.99. The Hall–Kier alpha value is -1.25. The third-order valence-corrected chi connectivity index (χ3v) is 1.72. The Kier molecular flexibility index (Phi) is 1.63. The van der Waals surface area contributed by atoms with E-state index in [2.05, 4.69) is 16.3 Å². The van der Waals surface area contributed by atoms with Crippen LogP contribution >= 0.6 is 0 Å². The monoisotopic (exact) mass is 150 g/mol. The van der Waals surface area contributed by atoms with Gasteiger partial charge in [-0.2, -0.15) is 5.10 Å². The van der Waals surface area contributed by atoms with Crippen LogP contribution < -0.4 is 0 Å². The van der Waals surface area contributed by atoms with Crippen LogP contribution in [0.3, 0.4) is 0 Å². The van der Waals surface area contributed by atoms with Gasteiger partial charge >= 0.3 is 0 Å². The van der Waals surface area contributed by atoms with Crippen LogP contribution in [0.25, 0.3) is 5.76 Å². The zero-order valence-corrected chi connectivity index (χ0v) is 6.21. The Bertz CT molecular complexity index is 251. The summed E-state index contributed by atoms with van der Waals surface area (Å²) in [5, 5.41) is 6.61. The molecular formula is C8H10N2O. The average Bonchev–Trinajstić information content (AvgIpc) is 2.58. The molecule has 0 amide bonds. The van der Waals surface area contributed by atoms with E-state index in [9.17, 15) is 0 Å². The number of aromatic nitrogens is 2. The van der Waals surface area contributed by atoms with E-state index in [1.165, 1.54) is 0 Å². The van der Waals surface area contributed by atoms with Gasteiger partial charge in [-0.15, -0.1) is 0 Å². The molecule has 0 atom stereocenters. The van der Waals surface area contributed by atoms with E-state index in [0.717, 1.165) is 30.8 Å². The maximum atomic E-state index is 5.42. The van der Waals surface area contributed by atoms with Gasteiger partial charge in [0.15, 0.2) is 0 Å². The summed E-state index contributed by atoms with van der Waals surface area (Å²) in [6.07, 6.45) is 7.96. The molecule has 0 aromatic carbocycles. The normalized spacial score (nSPS) is 17.3. The quantitative estimate of drug-likeness (QED) is 0.659. The van der Waals surface area contributed by atoms with E-state index in [-0.39, 0.29) is 0 Å².